The van der Waals surface area contributed by atoms with E-state index in [1.807, 2.05) is 0 Å². The van der Waals surface area contributed by atoms with Gasteiger partial charge in [0.1, 0.15) is 0 Å². The minimum Gasteiger partial charge on any atom is -0.381 e. The summed E-state index contributed by atoms with van der Waals surface area (Å²) in [6, 6.07) is 13.3. The Morgan fingerprint density at radius 1 is 1.19 bits per heavy atom. The van der Waals surface area contributed by atoms with Crippen LogP contribution in [-0.2, 0) is 19.4 Å². The highest BCUT2D eigenvalue weighted by Gasteiger charge is 2.15. The topological polar surface area (TPSA) is 15.3 Å². The molecule has 1 heterocycles. The number of hydrogen-bond acceptors (Lipinski definition) is 2. The third-order valence-corrected chi connectivity index (χ3v) is 4.70. The highest BCUT2D eigenvalue weighted by atomic mass is 79.9. The Bertz CT molecular complexity index is 652. The summed E-state index contributed by atoms with van der Waals surface area (Å²) >= 11 is 3.54. The van der Waals surface area contributed by atoms with E-state index in [-0.39, 0.29) is 0 Å². The number of hydrogen-bond donors (Lipinski definition) is 1. The molecule has 2 aromatic carbocycles. The molecule has 0 unspecified atom stereocenters. The van der Waals surface area contributed by atoms with Crippen LogP contribution in [0.1, 0.15) is 23.6 Å². The van der Waals surface area contributed by atoms with Crippen molar-refractivity contribution in [1.82, 2.24) is 0 Å². The Labute approximate surface area is 135 Å². The monoisotopic (exact) mass is 344 g/mol. The molecule has 21 heavy (non-hydrogen) atoms. The smallest absolute Gasteiger partial charge is 0.0401 e. The first-order valence-electron chi connectivity index (χ1n) is 7.52. The number of fused-ring (bicyclic) bond motifs is 1. The van der Waals surface area contributed by atoms with Gasteiger partial charge in [-0.1, -0.05) is 35.0 Å². The van der Waals surface area contributed by atoms with Crippen molar-refractivity contribution in [3.05, 3.63) is 57.6 Å². The van der Waals surface area contributed by atoms with Crippen LogP contribution in [0.4, 0.5) is 11.4 Å². The fraction of sp³-hybridized carbons (Fsp3) is 0.333. The first kappa shape index (κ1) is 14.5. The maximum atomic E-state index is 3.58. The molecule has 1 aliphatic heterocycles. The lowest BCUT2D eigenvalue weighted by atomic mass is 10.1. The Morgan fingerprint density at radius 2 is 2.05 bits per heavy atom. The van der Waals surface area contributed by atoms with E-state index in [2.05, 4.69) is 76.5 Å². The predicted octanol–water partition coefficient (Wildman–Crippen LogP) is 4.62. The second-order valence-electron chi connectivity index (χ2n) is 5.64. The average molecular weight is 345 g/mol. The van der Waals surface area contributed by atoms with Gasteiger partial charge in [-0.05, 0) is 53.8 Å². The average Bonchev–Trinajstić information content (AvgIpc) is 2.87. The van der Waals surface area contributed by atoms with Gasteiger partial charge in [0.15, 0.2) is 0 Å². The van der Waals surface area contributed by atoms with Crippen molar-refractivity contribution in [3.63, 3.8) is 0 Å². The van der Waals surface area contributed by atoms with E-state index < -0.39 is 0 Å². The molecule has 0 atom stereocenters. The number of rotatable bonds is 4. The molecule has 0 spiro atoms. The van der Waals surface area contributed by atoms with Crippen LogP contribution in [0.15, 0.2) is 40.9 Å². The zero-order valence-electron chi connectivity index (χ0n) is 12.6. The molecule has 0 aromatic heterocycles. The molecule has 2 aromatic rings. The third kappa shape index (κ3) is 3.08. The van der Waals surface area contributed by atoms with E-state index in [1.165, 1.54) is 28.1 Å². The highest BCUT2D eigenvalue weighted by Crippen LogP contribution is 2.28. The van der Waals surface area contributed by atoms with Crippen molar-refractivity contribution >= 4 is 27.3 Å². The summed E-state index contributed by atoms with van der Waals surface area (Å²) in [5.41, 5.74) is 6.80. The summed E-state index contributed by atoms with van der Waals surface area (Å²) in [7, 11) is 2.17. The molecule has 0 aliphatic carbocycles. The predicted molar refractivity (Wildman–Crippen MR) is 94.3 cm³/mol. The Morgan fingerprint density at radius 3 is 2.86 bits per heavy atom. The number of likely N-dealkylation sites (N-methyl/N-ethyl adjacent to an activating group) is 1. The molecule has 0 saturated heterocycles. The van der Waals surface area contributed by atoms with Crippen LogP contribution in [0.2, 0.25) is 0 Å². The van der Waals surface area contributed by atoms with E-state index in [4.69, 9.17) is 0 Å². The standard InChI is InChI=1S/C18H21BrN2/c1-3-14-11-16(19)5-6-17(14)20-12-13-4-7-18-15(10-13)8-9-21(18)2/h4-7,10-11,20H,3,8-9,12H2,1-2H3. The molecule has 1 N–H and O–H groups in total. The summed E-state index contributed by atoms with van der Waals surface area (Å²) in [6.45, 7) is 4.21. The molecule has 1 aliphatic rings. The molecule has 110 valence electrons. The second-order valence-corrected chi connectivity index (χ2v) is 6.56. The third-order valence-electron chi connectivity index (χ3n) is 4.20. The van der Waals surface area contributed by atoms with Gasteiger partial charge < -0.3 is 10.2 Å². The maximum Gasteiger partial charge on any atom is 0.0401 e. The Balaban J connectivity index is 1.74. The summed E-state index contributed by atoms with van der Waals surface area (Å²) in [5, 5.41) is 3.58. The molecule has 0 amide bonds. The van der Waals surface area contributed by atoms with Crippen molar-refractivity contribution in [2.24, 2.45) is 0 Å². The molecule has 3 rings (SSSR count). The number of nitrogens with zero attached hydrogens (tertiary/aromatic N) is 1. The molecule has 0 fully saturated rings. The molecule has 0 radical (unpaired) electrons. The minimum atomic E-state index is 0.881. The van der Waals surface area contributed by atoms with Crippen LogP contribution in [0.25, 0.3) is 0 Å². The van der Waals surface area contributed by atoms with Crippen LogP contribution in [0, 0.1) is 0 Å². The van der Waals surface area contributed by atoms with Crippen molar-refractivity contribution in [2.45, 2.75) is 26.3 Å². The lowest BCUT2D eigenvalue weighted by molar-refractivity contribution is 0.955. The zero-order chi connectivity index (χ0) is 14.8. The summed E-state index contributed by atoms with van der Waals surface area (Å²) in [6.07, 6.45) is 2.20. The van der Waals surface area contributed by atoms with E-state index in [0.717, 1.165) is 30.4 Å². The van der Waals surface area contributed by atoms with Crippen molar-refractivity contribution in [1.29, 1.82) is 0 Å². The summed E-state index contributed by atoms with van der Waals surface area (Å²) in [4.78, 5) is 2.33. The fourth-order valence-electron chi connectivity index (χ4n) is 2.95. The fourth-order valence-corrected chi connectivity index (χ4v) is 3.36. The van der Waals surface area contributed by atoms with Crippen LogP contribution < -0.4 is 10.2 Å². The molecular weight excluding hydrogens is 324 g/mol. The summed E-state index contributed by atoms with van der Waals surface area (Å²) < 4.78 is 1.14. The normalized spacial score (nSPS) is 13.4. The Kier molecular flexibility index (Phi) is 4.20. The van der Waals surface area contributed by atoms with Gasteiger partial charge >= 0.3 is 0 Å². The largest absolute Gasteiger partial charge is 0.381 e. The first-order valence-corrected chi connectivity index (χ1v) is 8.32. The van der Waals surface area contributed by atoms with E-state index in [0.29, 0.717) is 0 Å². The number of benzene rings is 2. The molecule has 3 heteroatoms. The van der Waals surface area contributed by atoms with Gasteiger partial charge in [-0.2, -0.15) is 0 Å². The van der Waals surface area contributed by atoms with E-state index in [1.54, 1.807) is 0 Å². The summed E-state index contributed by atoms with van der Waals surface area (Å²) in [5.74, 6) is 0. The van der Waals surface area contributed by atoms with Crippen LogP contribution >= 0.6 is 15.9 Å². The molecule has 0 saturated carbocycles. The van der Waals surface area contributed by atoms with Gasteiger partial charge in [-0.15, -0.1) is 0 Å². The number of anilines is 2. The molecular formula is C18H21BrN2. The van der Waals surface area contributed by atoms with Crippen LogP contribution in [-0.4, -0.2) is 13.6 Å². The first-order chi connectivity index (χ1) is 10.2. The second kappa shape index (κ2) is 6.10. The SMILES string of the molecule is CCc1cc(Br)ccc1NCc1ccc2c(c1)CCN2C. The number of halogens is 1. The highest BCUT2D eigenvalue weighted by molar-refractivity contribution is 9.10. The maximum absolute atomic E-state index is 3.58. The minimum absolute atomic E-state index is 0.881. The molecule has 2 nitrogen and oxygen atoms in total. The van der Waals surface area contributed by atoms with Gasteiger partial charge in [0.05, 0.1) is 0 Å². The van der Waals surface area contributed by atoms with Crippen LogP contribution in [0.3, 0.4) is 0 Å². The van der Waals surface area contributed by atoms with Crippen molar-refractivity contribution in [2.75, 3.05) is 23.8 Å². The lowest BCUT2D eigenvalue weighted by Gasteiger charge is -2.14. The van der Waals surface area contributed by atoms with Crippen molar-refractivity contribution in [3.8, 4) is 0 Å². The van der Waals surface area contributed by atoms with Gasteiger partial charge in [-0.3, -0.25) is 0 Å². The number of nitrogens with one attached hydrogen (secondary N) is 1. The van der Waals surface area contributed by atoms with Crippen LogP contribution in [0.5, 0.6) is 0 Å². The Hall–Kier alpha value is -1.48. The van der Waals surface area contributed by atoms with Crippen molar-refractivity contribution < 1.29 is 0 Å². The van der Waals surface area contributed by atoms with Gasteiger partial charge in [0.25, 0.3) is 0 Å². The molecule has 0 bridgehead atoms. The van der Waals surface area contributed by atoms with Gasteiger partial charge in [0, 0.05) is 36.0 Å². The lowest BCUT2D eigenvalue weighted by Crippen LogP contribution is -2.12. The number of aryl methyl sites for hydroxylation is 1. The zero-order valence-corrected chi connectivity index (χ0v) is 14.2. The van der Waals surface area contributed by atoms with Gasteiger partial charge in [0.2, 0.25) is 0 Å². The van der Waals surface area contributed by atoms with E-state index >= 15 is 0 Å². The quantitative estimate of drug-likeness (QED) is 0.870. The van der Waals surface area contributed by atoms with E-state index in [9.17, 15) is 0 Å². The van der Waals surface area contributed by atoms with Gasteiger partial charge in [-0.25, -0.2) is 0 Å².